The van der Waals surface area contributed by atoms with Crippen LogP contribution in [-0.4, -0.2) is 20.2 Å². The van der Waals surface area contributed by atoms with Gasteiger partial charge in [0.1, 0.15) is 0 Å². The van der Waals surface area contributed by atoms with Gasteiger partial charge in [-0.2, -0.15) is 4.68 Å². The zero-order valence-corrected chi connectivity index (χ0v) is 10.9. The summed E-state index contributed by atoms with van der Waals surface area (Å²) in [6, 6.07) is 15.4. The maximum atomic E-state index is 5.99. The Morgan fingerprint density at radius 3 is 2.65 bits per heavy atom. The van der Waals surface area contributed by atoms with Crippen LogP contribution in [0.1, 0.15) is 5.56 Å². The van der Waals surface area contributed by atoms with Gasteiger partial charge in [-0.3, -0.25) is 0 Å². The van der Waals surface area contributed by atoms with Crippen molar-refractivity contribution in [1.29, 1.82) is 0 Å². The molecular weight excluding hydrogens is 254 g/mol. The van der Waals surface area contributed by atoms with Crippen LogP contribution in [0, 0.1) is 6.92 Å². The van der Waals surface area contributed by atoms with Crippen molar-refractivity contribution in [3.8, 4) is 17.4 Å². The third-order valence-corrected chi connectivity index (χ3v) is 2.93. The first-order valence-corrected chi connectivity index (χ1v) is 6.12. The lowest BCUT2D eigenvalue weighted by Crippen LogP contribution is -2.02. The zero-order chi connectivity index (χ0) is 13.9. The van der Waals surface area contributed by atoms with Crippen molar-refractivity contribution in [2.24, 2.45) is 0 Å². The van der Waals surface area contributed by atoms with Gasteiger partial charge in [0, 0.05) is 0 Å². The Kier molecular flexibility index (Phi) is 3.04. The number of nitrogen functional groups attached to an aromatic ring is 1. The molecule has 20 heavy (non-hydrogen) atoms. The summed E-state index contributed by atoms with van der Waals surface area (Å²) in [5.41, 5.74) is 8.33. The number of anilines is 1. The van der Waals surface area contributed by atoms with Crippen LogP contribution in [0.3, 0.4) is 0 Å². The van der Waals surface area contributed by atoms with Gasteiger partial charge in [-0.05, 0) is 41.1 Å². The Morgan fingerprint density at radius 2 is 1.85 bits per heavy atom. The van der Waals surface area contributed by atoms with E-state index < -0.39 is 0 Å². The molecule has 0 bridgehead atoms. The molecule has 0 aliphatic rings. The maximum Gasteiger partial charge on any atom is 0.345 e. The van der Waals surface area contributed by atoms with E-state index in [4.69, 9.17) is 10.5 Å². The first-order chi connectivity index (χ1) is 9.75. The van der Waals surface area contributed by atoms with Crippen LogP contribution < -0.4 is 10.5 Å². The standard InChI is InChI=1S/C14H13N5O/c1-10-6-5-9-12(13(10)15)20-14-16-17-18-19(14)11-7-3-2-4-8-11/h2-9H,15H2,1H3. The molecule has 2 aromatic carbocycles. The average Bonchev–Trinajstić information content (AvgIpc) is 2.93. The third-order valence-electron chi connectivity index (χ3n) is 2.93. The molecule has 1 aromatic heterocycles. The highest BCUT2D eigenvalue weighted by Gasteiger charge is 2.12. The summed E-state index contributed by atoms with van der Waals surface area (Å²) >= 11 is 0. The molecule has 6 nitrogen and oxygen atoms in total. The fourth-order valence-corrected chi connectivity index (χ4v) is 1.81. The molecule has 100 valence electrons. The number of tetrazole rings is 1. The van der Waals surface area contributed by atoms with E-state index in [2.05, 4.69) is 15.5 Å². The van der Waals surface area contributed by atoms with E-state index in [-0.39, 0.29) is 6.01 Å². The van der Waals surface area contributed by atoms with Crippen LogP contribution >= 0.6 is 0 Å². The molecule has 0 aliphatic heterocycles. The lowest BCUT2D eigenvalue weighted by atomic mass is 10.2. The second kappa shape index (κ2) is 5.00. The maximum absolute atomic E-state index is 5.99. The molecule has 6 heteroatoms. The van der Waals surface area contributed by atoms with E-state index in [1.54, 1.807) is 6.07 Å². The number of para-hydroxylation sites is 2. The molecule has 0 aliphatic carbocycles. The fraction of sp³-hybridized carbons (Fsp3) is 0.0714. The molecule has 0 radical (unpaired) electrons. The molecule has 0 unspecified atom stereocenters. The first kappa shape index (κ1) is 12.2. The van der Waals surface area contributed by atoms with Gasteiger partial charge in [0.2, 0.25) is 0 Å². The van der Waals surface area contributed by atoms with Gasteiger partial charge in [0.25, 0.3) is 0 Å². The number of nitrogens with zero attached hydrogens (tertiary/aromatic N) is 4. The average molecular weight is 267 g/mol. The summed E-state index contributed by atoms with van der Waals surface area (Å²) in [5.74, 6) is 0.539. The molecule has 0 spiro atoms. The minimum atomic E-state index is 0.272. The number of rotatable bonds is 3. The highest BCUT2D eigenvalue weighted by Crippen LogP contribution is 2.28. The number of ether oxygens (including phenoxy) is 1. The van der Waals surface area contributed by atoms with Crippen molar-refractivity contribution in [2.75, 3.05) is 5.73 Å². The van der Waals surface area contributed by atoms with Crippen LogP contribution in [-0.2, 0) is 0 Å². The summed E-state index contributed by atoms with van der Waals surface area (Å²) in [7, 11) is 0. The second-order valence-electron chi connectivity index (χ2n) is 4.30. The van der Waals surface area contributed by atoms with Crippen molar-refractivity contribution in [2.45, 2.75) is 6.92 Å². The van der Waals surface area contributed by atoms with Gasteiger partial charge >= 0.3 is 6.01 Å². The van der Waals surface area contributed by atoms with Crippen molar-refractivity contribution in [3.63, 3.8) is 0 Å². The molecule has 0 saturated carbocycles. The second-order valence-corrected chi connectivity index (χ2v) is 4.30. The number of aryl methyl sites for hydroxylation is 1. The van der Waals surface area contributed by atoms with Gasteiger partial charge in [-0.25, -0.2) is 0 Å². The third kappa shape index (κ3) is 2.18. The summed E-state index contributed by atoms with van der Waals surface area (Å²) < 4.78 is 7.23. The van der Waals surface area contributed by atoms with Crippen molar-refractivity contribution in [1.82, 2.24) is 20.2 Å². The largest absolute Gasteiger partial charge is 0.421 e. The number of hydrogen-bond acceptors (Lipinski definition) is 5. The molecule has 2 N–H and O–H groups in total. The highest BCUT2D eigenvalue weighted by molar-refractivity contribution is 5.58. The summed E-state index contributed by atoms with van der Waals surface area (Å²) in [6.45, 7) is 1.92. The predicted octanol–water partition coefficient (Wildman–Crippen LogP) is 2.35. The van der Waals surface area contributed by atoms with Crippen LogP contribution in [0.15, 0.2) is 48.5 Å². The van der Waals surface area contributed by atoms with Gasteiger partial charge in [0.05, 0.1) is 11.4 Å². The van der Waals surface area contributed by atoms with E-state index in [0.29, 0.717) is 11.4 Å². The zero-order valence-electron chi connectivity index (χ0n) is 10.9. The lowest BCUT2D eigenvalue weighted by Gasteiger charge is -2.09. The van der Waals surface area contributed by atoms with E-state index in [9.17, 15) is 0 Å². The fourth-order valence-electron chi connectivity index (χ4n) is 1.81. The van der Waals surface area contributed by atoms with Gasteiger partial charge in [-0.15, -0.1) is 0 Å². The van der Waals surface area contributed by atoms with Gasteiger partial charge < -0.3 is 10.5 Å². The molecule has 1 heterocycles. The Labute approximate surface area is 115 Å². The highest BCUT2D eigenvalue weighted by atomic mass is 16.5. The monoisotopic (exact) mass is 267 g/mol. The van der Waals surface area contributed by atoms with Crippen LogP contribution in [0.2, 0.25) is 0 Å². The van der Waals surface area contributed by atoms with E-state index in [0.717, 1.165) is 11.3 Å². The molecular formula is C14H13N5O. The van der Waals surface area contributed by atoms with Crippen molar-refractivity contribution >= 4 is 5.69 Å². The Balaban J connectivity index is 1.97. The van der Waals surface area contributed by atoms with Crippen LogP contribution in [0.4, 0.5) is 5.69 Å². The first-order valence-electron chi connectivity index (χ1n) is 6.12. The topological polar surface area (TPSA) is 78.9 Å². The Bertz CT molecular complexity index is 723. The Hall–Kier alpha value is -2.89. The summed E-state index contributed by atoms with van der Waals surface area (Å²) in [6.07, 6.45) is 0. The number of nitrogens with two attached hydrogens (primary N) is 1. The summed E-state index contributed by atoms with van der Waals surface area (Å²) in [4.78, 5) is 0. The minimum absolute atomic E-state index is 0.272. The van der Waals surface area contributed by atoms with E-state index in [1.165, 1.54) is 4.68 Å². The van der Waals surface area contributed by atoms with E-state index >= 15 is 0 Å². The minimum Gasteiger partial charge on any atom is -0.421 e. The van der Waals surface area contributed by atoms with Crippen molar-refractivity contribution < 1.29 is 4.74 Å². The SMILES string of the molecule is Cc1cccc(Oc2nnnn2-c2ccccc2)c1N. The molecule has 0 atom stereocenters. The lowest BCUT2D eigenvalue weighted by molar-refractivity contribution is 0.429. The Morgan fingerprint density at radius 1 is 1.05 bits per heavy atom. The quantitative estimate of drug-likeness (QED) is 0.737. The van der Waals surface area contributed by atoms with Gasteiger partial charge in [-0.1, -0.05) is 35.4 Å². The predicted molar refractivity (Wildman–Crippen MR) is 74.8 cm³/mol. The molecule has 3 aromatic rings. The number of aromatic nitrogens is 4. The van der Waals surface area contributed by atoms with Crippen LogP contribution in [0.5, 0.6) is 11.8 Å². The molecule has 0 amide bonds. The van der Waals surface area contributed by atoms with Crippen molar-refractivity contribution in [3.05, 3.63) is 54.1 Å². The van der Waals surface area contributed by atoms with Gasteiger partial charge in [0.15, 0.2) is 5.75 Å². The number of hydrogen-bond donors (Lipinski definition) is 1. The smallest absolute Gasteiger partial charge is 0.345 e. The van der Waals surface area contributed by atoms with Crippen LogP contribution in [0.25, 0.3) is 5.69 Å². The molecule has 0 fully saturated rings. The number of benzene rings is 2. The normalized spacial score (nSPS) is 10.4. The summed E-state index contributed by atoms with van der Waals surface area (Å²) in [5, 5.41) is 11.5. The van der Waals surface area contributed by atoms with E-state index in [1.807, 2.05) is 49.4 Å². The molecule has 3 rings (SSSR count). The molecule has 0 saturated heterocycles.